The summed E-state index contributed by atoms with van der Waals surface area (Å²) < 4.78 is 24.0. The van der Waals surface area contributed by atoms with Gasteiger partial charge in [-0.15, -0.1) is 11.6 Å². The van der Waals surface area contributed by atoms with Crippen LogP contribution in [0.25, 0.3) is 0 Å². The second-order valence-corrected chi connectivity index (χ2v) is 13.7. The average Bonchev–Trinajstić information content (AvgIpc) is 3.59. The largest absolute Gasteiger partial charge is 0.496 e. The molecular weight excluding hydrogens is 644 g/mol. The second-order valence-electron chi connectivity index (χ2n) is 13.4. The molecule has 7 rings (SSSR count). The summed E-state index contributed by atoms with van der Waals surface area (Å²) >= 11 is 5.95. The Morgan fingerprint density at radius 1 is 1.04 bits per heavy atom. The first-order valence-corrected chi connectivity index (χ1v) is 17.3. The number of likely N-dealkylation sites (N-methyl/N-ethyl adjacent to an activating group) is 1. The number of benzene rings is 3. The molecule has 3 aromatic carbocycles. The quantitative estimate of drug-likeness (QED) is 0.199. The Morgan fingerprint density at radius 3 is 2.51 bits per heavy atom. The summed E-state index contributed by atoms with van der Waals surface area (Å²) in [5, 5.41) is 14.1. The van der Waals surface area contributed by atoms with E-state index < -0.39 is 18.1 Å². The van der Waals surface area contributed by atoms with E-state index in [1.165, 1.54) is 11.1 Å². The number of rotatable bonds is 8. The van der Waals surface area contributed by atoms with Gasteiger partial charge in [-0.1, -0.05) is 36.4 Å². The van der Waals surface area contributed by atoms with Gasteiger partial charge in [0.2, 0.25) is 12.7 Å². The molecule has 2 bridgehead atoms. The minimum Gasteiger partial charge on any atom is -0.496 e. The number of carbonyl (C=O) groups excluding carboxylic acids is 2. The number of nitrogens with zero attached hydrogens (tertiary/aromatic N) is 3. The zero-order valence-corrected chi connectivity index (χ0v) is 29.2. The maximum atomic E-state index is 13.4. The maximum Gasteiger partial charge on any atom is 0.326 e. The summed E-state index contributed by atoms with van der Waals surface area (Å²) in [7, 11) is 3.80. The normalized spacial score (nSPS) is 23.5. The van der Waals surface area contributed by atoms with Gasteiger partial charge in [0.15, 0.2) is 11.5 Å². The molecule has 1 N–H and O–H groups in total. The van der Waals surface area contributed by atoms with E-state index in [9.17, 15) is 14.9 Å². The van der Waals surface area contributed by atoms with Gasteiger partial charge in [0.1, 0.15) is 23.4 Å². The molecule has 1 saturated heterocycles. The molecule has 0 radical (unpaired) electrons. The van der Waals surface area contributed by atoms with Crippen molar-refractivity contribution in [3.05, 3.63) is 80.9 Å². The van der Waals surface area contributed by atoms with E-state index in [2.05, 4.69) is 48.1 Å². The summed E-state index contributed by atoms with van der Waals surface area (Å²) in [4.78, 5) is 30.8. The van der Waals surface area contributed by atoms with E-state index in [4.69, 9.17) is 30.5 Å². The van der Waals surface area contributed by atoms with Gasteiger partial charge in [-0.05, 0) is 74.9 Å². The summed E-state index contributed by atoms with van der Waals surface area (Å²) in [6, 6.07) is 13.4. The van der Waals surface area contributed by atoms with Gasteiger partial charge in [0, 0.05) is 41.7 Å². The maximum absolute atomic E-state index is 13.4. The number of hydrogen-bond donors (Lipinski definition) is 1. The number of alkyl halides is 1. The van der Waals surface area contributed by atoms with Crippen LogP contribution in [0.1, 0.15) is 63.0 Å². The lowest BCUT2D eigenvalue weighted by atomic mass is 9.71. The molecule has 256 valence electrons. The van der Waals surface area contributed by atoms with E-state index in [-0.39, 0.29) is 43.3 Å². The fraction of sp³-hybridized carbons (Fsp3) is 0.447. The molecule has 49 heavy (non-hydrogen) atoms. The number of fused-ring (bicyclic) bond motifs is 9. The Hall–Kier alpha value is -4.30. The molecule has 4 aliphatic heterocycles. The van der Waals surface area contributed by atoms with Crippen LogP contribution in [0.15, 0.2) is 36.4 Å². The fourth-order valence-corrected chi connectivity index (χ4v) is 8.90. The minimum absolute atomic E-state index is 0.0104. The minimum atomic E-state index is -0.575. The number of piperazine rings is 1. The van der Waals surface area contributed by atoms with E-state index in [0.717, 1.165) is 33.6 Å². The summed E-state index contributed by atoms with van der Waals surface area (Å²) in [6.07, 6.45) is 2.09. The van der Waals surface area contributed by atoms with Crippen molar-refractivity contribution >= 4 is 23.5 Å². The van der Waals surface area contributed by atoms with E-state index >= 15 is 0 Å². The van der Waals surface area contributed by atoms with Crippen LogP contribution >= 0.6 is 11.6 Å². The van der Waals surface area contributed by atoms with Gasteiger partial charge in [0.05, 0.1) is 25.3 Å². The predicted molar refractivity (Wildman–Crippen MR) is 183 cm³/mol. The number of amides is 1. The number of carbonyl (C=O) groups is 2. The van der Waals surface area contributed by atoms with Crippen molar-refractivity contribution in [2.45, 2.75) is 76.7 Å². The first-order chi connectivity index (χ1) is 23.7. The molecule has 1 amide bonds. The molecule has 10 nitrogen and oxygen atoms in total. The van der Waals surface area contributed by atoms with Crippen molar-refractivity contribution < 1.29 is 28.5 Å². The Bertz CT molecular complexity index is 1860. The topological polar surface area (TPSA) is 113 Å². The second kappa shape index (κ2) is 13.2. The molecule has 3 aromatic rings. The van der Waals surface area contributed by atoms with Crippen LogP contribution in [0, 0.1) is 32.1 Å². The Kier molecular flexibility index (Phi) is 8.94. The van der Waals surface area contributed by atoms with Crippen molar-refractivity contribution in [2.24, 2.45) is 0 Å². The van der Waals surface area contributed by atoms with Crippen molar-refractivity contribution in [3.8, 4) is 29.1 Å². The van der Waals surface area contributed by atoms with Gasteiger partial charge in [0.25, 0.3) is 0 Å². The lowest BCUT2D eigenvalue weighted by Crippen LogP contribution is -2.69. The Labute approximate surface area is 291 Å². The highest BCUT2D eigenvalue weighted by molar-refractivity contribution is 6.26. The first kappa shape index (κ1) is 33.2. The zero-order valence-electron chi connectivity index (χ0n) is 28.5. The van der Waals surface area contributed by atoms with Gasteiger partial charge in [-0.3, -0.25) is 19.4 Å². The van der Waals surface area contributed by atoms with Gasteiger partial charge >= 0.3 is 5.97 Å². The molecule has 1 fully saturated rings. The van der Waals surface area contributed by atoms with Gasteiger partial charge < -0.3 is 24.3 Å². The third kappa shape index (κ3) is 5.49. The fourth-order valence-electron chi connectivity index (χ4n) is 8.85. The number of methoxy groups -OCH3 is 1. The number of nitrogens with one attached hydrogen (secondary N) is 1. The Balaban J connectivity index is 1.37. The highest BCUT2D eigenvalue weighted by atomic mass is 35.5. The number of aryl methyl sites for hydroxylation is 2. The number of nitriles is 1. The van der Waals surface area contributed by atoms with Crippen LogP contribution in [0.2, 0.25) is 0 Å². The molecule has 0 saturated carbocycles. The van der Waals surface area contributed by atoms with Crippen LogP contribution in [0.3, 0.4) is 0 Å². The van der Waals surface area contributed by atoms with Crippen LogP contribution < -0.4 is 24.3 Å². The Morgan fingerprint density at radius 2 is 1.80 bits per heavy atom. The van der Waals surface area contributed by atoms with Gasteiger partial charge in [-0.25, -0.2) is 0 Å². The molecule has 1 unspecified atom stereocenters. The SMILES string of the molecule is COc1c(C)cc2c(c1C)[C@@H]1C3Cc4c(OC(=O)CCl)c(C)c5c(c4[C@H](CNC(=O)CCc4ccccc4)N3[C@@H](C#N)[C@H](C2)N1C)OCO5. The molecule has 0 aromatic heterocycles. The molecule has 11 heteroatoms. The lowest BCUT2D eigenvalue weighted by molar-refractivity contribution is -0.131. The monoisotopic (exact) mass is 684 g/mol. The van der Waals surface area contributed by atoms with Crippen molar-refractivity contribution in [1.29, 1.82) is 5.26 Å². The smallest absolute Gasteiger partial charge is 0.326 e. The third-order valence-electron chi connectivity index (χ3n) is 10.8. The molecule has 5 atom stereocenters. The molecule has 4 aliphatic rings. The number of hydrogen-bond acceptors (Lipinski definition) is 9. The average molecular weight is 685 g/mol. The summed E-state index contributed by atoms with van der Waals surface area (Å²) in [6.45, 7) is 6.26. The van der Waals surface area contributed by atoms with Crippen molar-refractivity contribution in [3.63, 3.8) is 0 Å². The van der Waals surface area contributed by atoms with Crippen LogP contribution in [0.4, 0.5) is 0 Å². The third-order valence-corrected chi connectivity index (χ3v) is 11.1. The molecule has 4 heterocycles. The first-order valence-electron chi connectivity index (χ1n) is 16.8. The van der Waals surface area contributed by atoms with Crippen LogP contribution in [-0.4, -0.2) is 73.2 Å². The van der Waals surface area contributed by atoms with Gasteiger partial charge in [-0.2, -0.15) is 5.26 Å². The van der Waals surface area contributed by atoms with Crippen LogP contribution in [-0.2, 0) is 28.9 Å². The predicted octanol–water partition coefficient (Wildman–Crippen LogP) is 5.01. The molecule has 0 spiro atoms. The zero-order chi connectivity index (χ0) is 34.6. The summed E-state index contributed by atoms with van der Waals surface area (Å²) in [5.74, 6) is 1.34. The lowest BCUT2D eigenvalue weighted by Gasteiger charge is -2.60. The highest BCUT2D eigenvalue weighted by Crippen LogP contribution is 2.57. The highest BCUT2D eigenvalue weighted by Gasteiger charge is 2.56. The van der Waals surface area contributed by atoms with Crippen LogP contribution in [0.5, 0.6) is 23.0 Å². The number of halogens is 1. The van der Waals surface area contributed by atoms with Crippen molar-refractivity contribution in [2.75, 3.05) is 33.4 Å². The molecule has 0 aliphatic carbocycles. The number of esters is 1. The summed E-state index contributed by atoms with van der Waals surface area (Å²) in [5.41, 5.74) is 7.87. The number of ether oxygens (including phenoxy) is 4. The van der Waals surface area contributed by atoms with E-state index in [0.29, 0.717) is 48.5 Å². The van der Waals surface area contributed by atoms with Crippen molar-refractivity contribution in [1.82, 2.24) is 15.1 Å². The van der Waals surface area contributed by atoms with E-state index in [1.807, 2.05) is 37.3 Å². The van der Waals surface area contributed by atoms with E-state index in [1.54, 1.807) is 7.11 Å². The molecular formula is C38H41ClN4O6. The standard InChI is InChI=1S/C38H41ClN4O6/c1-20-13-24-14-26-28(17-40)43-27(34(42(26)4)32(24)21(2)35(20)46-5)15-25-33(29(43)18-41-30(44)12-11-23-9-7-6-8-10-23)38-37(47-19-48-38)22(3)36(25)49-31(45)16-39/h6-10,13,26-29,34H,11-12,14-16,18-19H2,1-5H3,(H,41,44)/t26-,27?,28-,29-,34-/m0/s1.